The maximum Gasteiger partial charge on any atom is 0.313 e. The van der Waals surface area contributed by atoms with Crippen molar-refractivity contribution < 1.29 is 23.1 Å². The molecule has 0 saturated heterocycles. The lowest BCUT2D eigenvalue weighted by Gasteiger charge is -2.47. The van der Waals surface area contributed by atoms with Crippen molar-refractivity contribution in [3.63, 3.8) is 0 Å². The summed E-state index contributed by atoms with van der Waals surface area (Å²) in [5.41, 5.74) is 1.38. The minimum absolute atomic E-state index is 0.0382. The lowest BCUT2D eigenvalue weighted by Crippen LogP contribution is -2.51. The lowest BCUT2D eigenvalue weighted by molar-refractivity contribution is -0.141. The number of halogens is 2. The number of hydrogen-bond donors (Lipinski definition) is 1. The topological polar surface area (TPSA) is 91.8 Å². The maximum absolute atomic E-state index is 13.7. The molecule has 0 unspecified atom stereocenters. The van der Waals surface area contributed by atoms with Crippen molar-refractivity contribution in [3.05, 3.63) is 69.2 Å². The summed E-state index contributed by atoms with van der Waals surface area (Å²) in [6.45, 7) is 0. The molecule has 1 amide bonds. The van der Waals surface area contributed by atoms with Crippen LogP contribution in [0, 0.1) is 5.92 Å². The molecule has 0 aromatic heterocycles. The van der Waals surface area contributed by atoms with Crippen molar-refractivity contribution in [2.24, 2.45) is 5.92 Å². The Kier molecular flexibility index (Phi) is 6.76. The molecule has 1 aliphatic carbocycles. The predicted molar refractivity (Wildman–Crippen MR) is 128 cm³/mol. The van der Waals surface area contributed by atoms with E-state index in [2.05, 4.69) is 0 Å². The van der Waals surface area contributed by atoms with Gasteiger partial charge in [0.2, 0.25) is 0 Å². The summed E-state index contributed by atoms with van der Waals surface area (Å²) in [4.78, 5) is 27.9. The van der Waals surface area contributed by atoms with Crippen molar-refractivity contribution in [2.45, 2.75) is 43.7 Å². The van der Waals surface area contributed by atoms with E-state index in [-0.39, 0.29) is 23.6 Å². The number of aliphatic carboxylic acids is 1. The number of fused-ring (bicyclic) bond motifs is 1. The van der Waals surface area contributed by atoms with Gasteiger partial charge in [-0.3, -0.25) is 9.59 Å². The van der Waals surface area contributed by atoms with E-state index in [1.807, 2.05) is 0 Å². The van der Waals surface area contributed by atoms with E-state index in [0.29, 0.717) is 52.4 Å². The molecule has 2 aromatic rings. The molecule has 176 valence electrons. The van der Waals surface area contributed by atoms with Gasteiger partial charge in [-0.25, -0.2) is 8.42 Å². The van der Waals surface area contributed by atoms with E-state index in [1.54, 1.807) is 47.4 Å². The molecular formula is C24H25Cl2NO5S. The van der Waals surface area contributed by atoms with Gasteiger partial charge in [-0.05, 0) is 60.9 Å². The molecular weight excluding hydrogens is 485 g/mol. The Morgan fingerprint density at radius 2 is 1.73 bits per heavy atom. The first-order chi connectivity index (χ1) is 15.6. The summed E-state index contributed by atoms with van der Waals surface area (Å²) in [5, 5.41) is 11.0. The molecule has 2 atom stereocenters. The van der Waals surface area contributed by atoms with Crippen LogP contribution in [-0.2, 0) is 14.6 Å². The van der Waals surface area contributed by atoms with Crippen LogP contribution in [0.25, 0.3) is 0 Å². The number of nitrogens with zero attached hydrogens (tertiary/aromatic N) is 1. The first-order valence-corrected chi connectivity index (χ1v) is 13.7. The molecule has 1 N–H and O–H groups in total. The van der Waals surface area contributed by atoms with Crippen molar-refractivity contribution >= 4 is 44.9 Å². The number of amides is 1. The van der Waals surface area contributed by atoms with Crippen LogP contribution >= 0.6 is 23.2 Å². The summed E-state index contributed by atoms with van der Waals surface area (Å²) in [5.74, 6) is -2.10. The van der Waals surface area contributed by atoms with E-state index < -0.39 is 27.8 Å². The van der Waals surface area contributed by atoms with Gasteiger partial charge in [-0.1, -0.05) is 47.5 Å². The van der Waals surface area contributed by atoms with Crippen LogP contribution in [0.1, 0.15) is 59.1 Å². The lowest BCUT2D eigenvalue weighted by atomic mass is 9.77. The van der Waals surface area contributed by atoms with Crippen molar-refractivity contribution in [1.29, 1.82) is 0 Å². The van der Waals surface area contributed by atoms with Gasteiger partial charge < -0.3 is 10.0 Å². The second kappa shape index (κ2) is 9.28. The average molecular weight is 510 g/mol. The third-order valence-corrected chi connectivity index (χ3v) is 8.31. The number of carbonyl (C=O) groups excluding carboxylic acids is 1. The molecule has 1 heterocycles. The van der Waals surface area contributed by atoms with E-state index in [1.165, 1.54) is 6.26 Å². The summed E-state index contributed by atoms with van der Waals surface area (Å²) < 4.78 is 23.5. The maximum atomic E-state index is 13.7. The summed E-state index contributed by atoms with van der Waals surface area (Å²) in [7, 11) is -3.09. The van der Waals surface area contributed by atoms with Crippen molar-refractivity contribution in [2.75, 3.05) is 12.0 Å². The molecule has 33 heavy (non-hydrogen) atoms. The number of carboxylic acids is 1. The molecule has 0 bridgehead atoms. The number of carboxylic acid groups (broad SMARTS) is 1. The summed E-state index contributed by atoms with van der Waals surface area (Å²) >= 11 is 12.6. The van der Waals surface area contributed by atoms with Crippen LogP contribution in [-0.4, -0.2) is 48.4 Å². The highest BCUT2D eigenvalue weighted by Crippen LogP contribution is 2.48. The average Bonchev–Trinajstić information content (AvgIpc) is 2.73. The zero-order chi connectivity index (χ0) is 23.9. The smallest absolute Gasteiger partial charge is 0.313 e. The molecule has 9 heteroatoms. The number of carbonyl (C=O) groups is 2. The quantitative estimate of drug-likeness (QED) is 0.614. The molecule has 1 fully saturated rings. The first kappa shape index (κ1) is 24.0. The van der Waals surface area contributed by atoms with Crippen LogP contribution in [0.5, 0.6) is 0 Å². The molecule has 4 rings (SSSR count). The predicted octanol–water partition coefficient (Wildman–Crippen LogP) is 4.96. The number of sulfone groups is 1. The highest BCUT2D eigenvalue weighted by molar-refractivity contribution is 7.90. The first-order valence-electron chi connectivity index (χ1n) is 10.8. The second-order valence-electron chi connectivity index (χ2n) is 8.99. The van der Waals surface area contributed by atoms with Gasteiger partial charge in [-0.15, -0.1) is 0 Å². The highest BCUT2D eigenvalue weighted by Gasteiger charge is 2.47. The molecule has 2 aromatic carbocycles. The summed E-state index contributed by atoms with van der Waals surface area (Å²) in [6.07, 6.45) is 3.74. The van der Waals surface area contributed by atoms with Crippen molar-refractivity contribution in [3.8, 4) is 0 Å². The summed E-state index contributed by atoms with van der Waals surface area (Å²) in [6, 6.07) is 10.7. The Bertz CT molecular complexity index is 1190. The number of hydrogen-bond acceptors (Lipinski definition) is 4. The fourth-order valence-corrected chi connectivity index (χ4v) is 7.02. The van der Waals surface area contributed by atoms with Crippen molar-refractivity contribution in [1.82, 2.24) is 4.90 Å². The van der Waals surface area contributed by atoms with Gasteiger partial charge in [0, 0.05) is 27.9 Å². The fourth-order valence-electron chi connectivity index (χ4n) is 5.31. The molecule has 1 saturated carbocycles. The second-order valence-corrected chi connectivity index (χ2v) is 12.0. The van der Waals surface area contributed by atoms with Crippen LogP contribution in [0.2, 0.25) is 10.0 Å². The molecule has 6 nitrogen and oxygen atoms in total. The van der Waals surface area contributed by atoms with Gasteiger partial charge in [0.25, 0.3) is 5.91 Å². The molecule has 0 radical (unpaired) electrons. The monoisotopic (exact) mass is 509 g/mol. The normalized spacial score (nSPS) is 25.5. The van der Waals surface area contributed by atoms with Crippen LogP contribution < -0.4 is 0 Å². The van der Waals surface area contributed by atoms with E-state index >= 15 is 0 Å². The fraction of sp³-hybridized carbons (Fsp3) is 0.417. The van der Waals surface area contributed by atoms with Gasteiger partial charge in [0.05, 0.1) is 11.8 Å². The number of benzene rings is 2. The van der Waals surface area contributed by atoms with Gasteiger partial charge in [0.1, 0.15) is 15.8 Å². The van der Waals surface area contributed by atoms with Crippen LogP contribution in [0.15, 0.2) is 42.5 Å². The Balaban J connectivity index is 1.78. The molecule has 0 spiro atoms. The third-order valence-electron chi connectivity index (χ3n) is 6.67. The molecule has 1 aliphatic heterocycles. The highest BCUT2D eigenvalue weighted by atomic mass is 35.5. The minimum Gasteiger partial charge on any atom is -0.481 e. The van der Waals surface area contributed by atoms with Gasteiger partial charge >= 0.3 is 5.97 Å². The minimum atomic E-state index is -3.09. The van der Waals surface area contributed by atoms with E-state index in [4.69, 9.17) is 23.2 Å². The largest absolute Gasteiger partial charge is 0.481 e. The number of rotatable bonds is 5. The van der Waals surface area contributed by atoms with E-state index in [9.17, 15) is 23.1 Å². The zero-order valence-corrected chi connectivity index (χ0v) is 20.4. The molecule has 2 aliphatic rings. The van der Waals surface area contributed by atoms with Gasteiger partial charge in [0.15, 0.2) is 0 Å². The Labute approximate surface area is 203 Å². The Morgan fingerprint density at radius 3 is 2.33 bits per heavy atom. The third kappa shape index (κ3) is 4.91. The van der Waals surface area contributed by atoms with E-state index in [0.717, 1.165) is 0 Å². The van der Waals surface area contributed by atoms with Gasteiger partial charge in [-0.2, -0.15) is 0 Å². The zero-order valence-electron chi connectivity index (χ0n) is 18.1. The SMILES string of the molecule is CS(=O)(=O)CC1CCC(N2C(=O)c3ccccc3[C@@H](C(=O)O)[C@@H]2c2ccc(Cl)cc2Cl)CC1. The van der Waals surface area contributed by atoms with Crippen LogP contribution in [0.3, 0.4) is 0 Å². The van der Waals surface area contributed by atoms with Crippen LogP contribution in [0.4, 0.5) is 0 Å². The Hall–Kier alpha value is -2.09. The Morgan fingerprint density at radius 1 is 1.06 bits per heavy atom. The standard InChI is InChI=1S/C24H25Cl2NO5S/c1-33(31,32)13-14-6-9-16(10-7-14)27-22(19-11-8-15(25)12-20(19)26)21(24(29)30)17-4-2-3-5-18(17)23(27)28/h2-5,8,11-12,14,16,21-22H,6-7,9-10,13H2,1H3,(H,29,30)/t14?,16?,21-,22+/m1/s1.